The highest BCUT2D eigenvalue weighted by Gasteiger charge is 2.22. The van der Waals surface area contributed by atoms with Gasteiger partial charge in [0.05, 0.1) is 22.5 Å². The molecule has 0 atom stereocenters. The average molecular weight is 911 g/mol. The van der Waals surface area contributed by atoms with Gasteiger partial charge in [0.15, 0.2) is 11.6 Å². The van der Waals surface area contributed by atoms with Crippen LogP contribution >= 0.6 is 0 Å². The highest BCUT2D eigenvalue weighted by atomic mass is 16.5. The first-order valence-electron chi connectivity index (χ1n) is 24.3. The number of aromatic nitrogens is 6. The predicted octanol–water partition coefficient (Wildman–Crippen LogP) is 11.0. The summed E-state index contributed by atoms with van der Waals surface area (Å²) in [6.07, 6.45) is 18.0. The molecule has 67 heavy (non-hydrogen) atoms. The van der Waals surface area contributed by atoms with Crippen LogP contribution in [0.2, 0.25) is 0 Å². The van der Waals surface area contributed by atoms with E-state index in [4.69, 9.17) is 9.47 Å². The number of carbonyl (C=O) groups excluding carboxylic acids is 2. The Morgan fingerprint density at radius 2 is 0.836 bits per heavy atom. The third kappa shape index (κ3) is 13.6. The quantitative estimate of drug-likeness (QED) is 0.0351. The molecule has 0 bridgehead atoms. The van der Waals surface area contributed by atoms with Crippen LogP contribution in [-0.2, 0) is 23.6 Å². The molecule has 6 aromatic rings. The number of ether oxygens (including phenoxy) is 2. The lowest BCUT2D eigenvalue weighted by atomic mass is 10.0. The van der Waals surface area contributed by atoms with Crippen molar-refractivity contribution in [3.8, 4) is 33.9 Å². The number of nitrogens with zero attached hydrogens (tertiary/aromatic N) is 6. The van der Waals surface area contributed by atoms with Gasteiger partial charge in [-0.05, 0) is 113 Å². The van der Waals surface area contributed by atoms with Crippen molar-refractivity contribution in [2.45, 2.75) is 124 Å². The Labute approximate surface area is 396 Å². The highest BCUT2D eigenvalue weighted by Crippen LogP contribution is 2.27. The molecule has 2 aromatic carbocycles. The van der Waals surface area contributed by atoms with Crippen LogP contribution in [0.25, 0.3) is 33.9 Å². The molecule has 12 nitrogen and oxygen atoms in total. The van der Waals surface area contributed by atoms with Crippen molar-refractivity contribution < 1.29 is 19.1 Å². The molecule has 6 rings (SSSR count). The lowest BCUT2D eigenvalue weighted by Crippen LogP contribution is -2.28. The van der Waals surface area contributed by atoms with Gasteiger partial charge in [0.1, 0.15) is 0 Å². The average Bonchev–Trinajstić information content (AvgIpc) is 3.94. The maximum atomic E-state index is 13.8. The van der Waals surface area contributed by atoms with E-state index < -0.39 is 0 Å². The third-order valence-corrected chi connectivity index (χ3v) is 12.7. The normalized spacial score (nSPS) is 11.4. The second-order valence-electron chi connectivity index (χ2n) is 17.9. The van der Waals surface area contributed by atoms with Gasteiger partial charge in [-0.2, -0.15) is 10.2 Å². The number of hydrogen-bond acceptors (Lipinski definition) is 8. The fourth-order valence-corrected chi connectivity index (χ4v) is 8.90. The Morgan fingerprint density at radius 1 is 0.478 bits per heavy atom. The molecule has 4 aromatic heterocycles. The number of rotatable bonds is 28. The van der Waals surface area contributed by atoms with Gasteiger partial charge in [-0.25, -0.2) is 0 Å². The SMILES string of the molecule is Cc1cccc(-n2c(C)c(-c3ccnn3C)cc(C(=O)CCCOCCCCCCCCCCCCCOCCCC(=O)c3cc(-c4ccnn4C)c(C)n(-c4cccc(C)c4)c3=O)c2=O)c1. The van der Waals surface area contributed by atoms with Crippen molar-refractivity contribution in [3.05, 3.63) is 140 Å². The summed E-state index contributed by atoms with van der Waals surface area (Å²) in [6, 6.07) is 22.8. The van der Waals surface area contributed by atoms with Crippen LogP contribution in [0.5, 0.6) is 0 Å². The molecule has 0 aliphatic rings. The van der Waals surface area contributed by atoms with E-state index >= 15 is 0 Å². The summed E-state index contributed by atoms with van der Waals surface area (Å²) in [5, 5.41) is 8.63. The Balaban J connectivity index is 0.786. The van der Waals surface area contributed by atoms with E-state index in [2.05, 4.69) is 10.2 Å². The number of Topliss-reactive ketones (excluding diaryl/α,β-unsaturated/α-hetero) is 2. The first-order valence-corrected chi connectivity index (χ1v) is 24.3. The van der Waals surface area contributed by atoms with E-state index in [9.17, 15) is 19.2 Å². The minimum atomic E-state index is -0.299. The summed E-state index contributed by atoms with van der Waals surface area (Å²) < 4.78 is 18.6. The summed E-state index contributed by atoms with van der Waals surface area (Å²) in [4.78, 5) is 54.4. The van der Waals surface area contributed by atoms with Gasteiger partial charge in [0.25, 0.3) is 11.1 Å². The Kier molecular flexibility index (Phi) is 19.0. The van der Waals surface area contributed by atoms with Crippen LogP contribution in [-0.4, -0.2) is 66.7 Å². The minimum Gasteiger partial charge on any atom is -0.381 e. The predicted molar refractivity (Wildman–Crippen MR) is 267 cm³/mol. The lowest BCUT2D eigenvalue weighted by molar-refractivity contribution is 0.0926. The van der Waals surface area contributed by atoms with Crippen LogP contribution < -0.4 is 11.1 Å². The van der Waals surface area contributed by atoms with Crippen molar-refractivity contribution >= 4 is 11.6 Å². The molecule has 0 radical (unpaired) electrons. The van der Waals surface area contributed by atoms with Crippen molar-refractivity contribution in [2.75, 3.05) is 26.4 Å². The largest absolute Gasteiger partial charge is 0.381 e. The van der Waals surface area contributed by atoms with Gasteiger partial charge in [0.2, 0.25) is 0 Å². The molecule has 0 saturated carbocycles. The molecular weight excluding hydrogens is 841 g/mol. The molecule has 0 aliphatic heterocycles. The Bertz CT molecular complexity index is 2520. The molecule has 0 aliphatic carbocycles. The van der Waals surface area contributed by atoms with E-state index in [1.165, 1.54) is 44.9 Å². The molecule has 0 unspecified atom stereocenters. The van der Waals surface area contributed by atoms with Gasteiger partial charge >= 0.3 is 0 Å². The van der Waals surface area contributed by atoms with Gasteiger partial charge in [-0.3, -0.25) is 37.7 Å². The fourth-order valence-electron chi connectivity index (χ4n) is 8.90. The molecule has 0 saturated heterocycles. The van der Waals surface area contributed by atoms with Gasteiger partial charge in [-0.15, -0.1) is 0 Å². The number of benzene rings is 2. The molecule has 12 heteroatoms. The van der Waals surface area contributed by atoms with E-state index in [0.717, 1.165) is 82.1 Å². The number of ketones is 2. The summed E-state index contributed by atoms with van der Waals surface area (Å²) in [7, 11) is 3.72. The summed E-state index contributed by atoms with van der Waals surface area (Å²) in [5.41, 5.74) is 8.18. The summed E-state index contributed by atoms with van der Waals surface area (Å²) in [6.45, 7) is 10.2. The van der Waals surface area contributed by atoms with Crippen LogP contribution in [0, 0.1) is 27.7 Å². The molecular formula is C55H70N6O6. The second-order valence-corrected chi connectivity index (χ2v) is 17.9. The third-order valence-electron chi connectivity index (χ3n) is 12.7. The number of unbranched alkanes of at least 4 members (excludes halogenated alkanes) is 10. The topological polar surface area (TPSA) is 132 Å². The highest BCUT2D eigenvalue weighted by molar-refractivity contribution is 5.97. The second kappa shape index (κ2) is 25.2. The minimum absolute atomic E-state index is 0.171. The lowest BCUT2D eigenvalue weighted by Gasteiger charge is -2.17. The monoisotopic (exact) mass is 911 g/mol. The molecule has 0 amide bonds. The van der Waals surface area contributed by atoms with E-state index in [0.29, 0.717) is 39.3 Å². The maximum Gasteiger partial charge on any atom is 0.266 e. The van der Waals surface area contributed by atoms with Crippen molar-refractivity contribution in [2.24, 2.45) is 14.1 Å². The van der Waals surface area contributed by atoms with Gasteiger partial charge < -0.3 is 9.47 Å². The van der Waals surface area contributed by atoms with Gasteiger partial charge in [-0.1, -0.05) is 82.1 Å². The van der Waals surface area contributed by atoms with E-state index in [1.807, 2.05) is 102 Å². The number of hydrogen-bond donors (Lipinski definition) is 0. The fraction of sp³-hybridized carbons (Fsp3) is 0.455. The molecule has 0 fully saturated rings. The Morgan fingerprint density at radius 3 is 1.18 bits per heavy atom. The first kappa shape index (κ1) is 50.4. The van der Waals surface area contributed by atoms with Crippen LogP contribution in [0.3, 0.4) is 0 Å². The van der Waals surface area contributed by atoms with E-state index in [1.54, 1.807) is 43.0 Å². The zero-order chi connectivity index (χ0) is 47.7. The maximum absolute atomic E-state index is 13.8. The molecule has 0 spiro atoms. The summed E-state index contributed by atoms with van der Waals surface area (Å²) in [5.74, 6) is -0.343. The zero-order valence-electron chi connectivity index (χ0n) is 40.7. The number of pyridine rings is 2. The van der Waals surface area contributed by atoms with Crippen molar-refractivity contribution in [1.29, 1.82) is 0 Å². The molecule has 4 heterocycles. The first-order chi connectivity index (χ1) is 32.5. The number of carbonyl (C=O) groups is 2. The summed E-state index contributed by atoms with van der Waals surface area (Å²) >= 11 is 0. The van der Waals surface area contributed by atoms with Crippen LogP contribution in [0.1, 0.15) is 140 Å². The van der Waals surface area contributed by atoms with E-state index in [-0.39, 0.29) is 46.7 Å². The standard InChI is InChI=1S/C55H70N6O6/c1-40-22-18-24-44(36-40)60-42(3)46(50-28-30-56-58(50)5)38-48(54(60)64)52(62)26-20-34-66-32-16-14-12-10-8-7-9-11-13-15-17-33-67-35-21-27-53(63)49-39-47(51-29-31-57-59(51)6)43(4)61(55(49)65)45-25-19-23-41(2)37-45/h18-19,22-25,28-31,36-39H,7-17,20-21,26-27,32-35H2,1-6H3. The van der Waals surface area contributed by atoms with Crippen LogP contribution in [0.15, 0.2) is 94.8 Å². The van der Waals surface area contributed by atoms with Crippen molar-refractivity contribution in [3.63, 3.8) is 0 Å². The van der Waals surface area contributed by atoms with Crippen molar-refractivity contribution in [1.82, 2.24) is 28.7 Å². The zero-order valence-corrected chi connectivity index (χ0v) is 40.7. The molecule has 356 valence electrons. The Hall–Kier alpha value is -5.98. The van der Waals surface area contributed by atoms with Crippen LogP contribution in [0.4, 0.5) is 0 Å². The number of aryl methyl sites for hydroxylation is 4. The molecule has 0 N–H and O–H groups in total. The smallest absolute Gasteiger partial charge is 0.266 e. The van der Waals surface area contributed by atoms with Gasteiger partial charge in [0, 0.05) is 99.6 Å².